The summed E-state index contributed by atoms with van der Waals surface area (Å²) in [5, 5.41) is 4.66. The van der Waals surface area contributed by atoms with E-state index >= 15 is 0 Å². The lowest BCUT2D eigenvalue weighted by atomic mass is 10.2. The zero-order valence-corrected chi connectivity index (χ0v) is 13.1. The third-order valence-corrected chi connectivity index (χ3v) is 4.19. The van der Waals surface area contributed by atoms with Gasteiger partial charge >= 0.3 is 0 Å². The largest absolute Gasteiger partial charge is 0.461 e. The number of rotatable bonds is 5. The van der Waals surface area contributed by atoms with E-state index in [-0.39, 0.29) is 6.04 Å². The first kappa shape index (κ1) is 14.2. The van der Waals surface area contributed by atoms with Gasteiger partial charge < -0.3 is 13.7 Å². The van der Waals surface area contributed by atoms with Crippen LogP contribution in [0.3, 0.4) is 0 Å². The molecule has 1 unspecified atom stereocenters. The molecule has 0 N–H and O–H groups in total. The molecule has 1 atom stereocenters. The van der Waals surface area contributed by atoms with Crippen molar-refractivity contribution in [1.82, 2.24) is 24.3 Å². The summed E-state index contributed by atoms with van der Waals surface area (Å²) in [4.78, 5) is 8.95. The summed E-state index contributed by atoms with van der Waals surface area (Å²) in [5.74, 6) is 3.30. The fraction of sp³-hybridized carbons (Fsp3) is 0.438. The predicted octanol–water partition coefficient (Wildman–Crippen LogP) is 2.25. The molecule has 1 fully saturated rings. The van der Waals surface area contributed by atoms with Crippen LogP contribution >= 0.6 is 0 Å². The van der Waals surface area contributed by atoms with E-state index in [0.717, 1.165) is 37.6 Å². The number of hydrogen-bond acceptors (Lipinski definition) is 5. The molecule has 0 aromatic carbocycles. The van der Waals surface area contributed by atoms with Crippen molar-refractivity contribution in [1.29, 1.82) is 0 Å². The van der Waals surface area contributed by atoms with Crippen LogP contribution in [0.2, 0.25) is 0 Å². The van der Waals surface area contributed by atoms with Crippen molar-refractivity contribution in [2.24, 2.45) is 0 Å². The van der Waals surface area contributed by atoms with Gasteiger partial charge in [0, 0.05) is 32.0 Å². The molecule has 0 aliphatic carbocycles. The highest BCUT2D eigenvalue weighted by atomic mass is 16.5. The van der Waals surface area contributed by atoms with E-state index in [1.807, 2.05) is 36.1 Å². The van der Waals surface area contributed by atoms with Crippen LogP contribution in [0.25, 0.3) is 11.6 Å². The Morgan fingerprint density at radius 2 is 2.35 bits per heavy atom. The van der Waals surface area contributed by atoms with Gasteiger partial charge in [0.1, 0.15) is 11.6 Å². The fourth-order valence-electron chi connectivity index (χ4n) is 2.90. The minimum Gasteiger partial charge on any atom is -0.461 e. The van der Waals surface area contributed by atoms with Crippen molar-refractivity contribution in [2.45, 2.75) is 32.4 Å². The molecule has 1 aliphatic rings. The van der Waals surface area contributed by atoms with Crippen molar-refractivity contribution in [3.63, 3.8) is 0 Å². The minimum atomic E-state index is 0.255. The first-order valence-corrected chi connectivity index (χ1v) is 7.86. The Hall–Kier alpha value is -2.41. The molecule has 1 aliphatic heterocycles. The molecule has 0 spiro atoms. The lowest BCUT2D eigenvalue weighted by Crippen LogP contribution is -2.15. The van der Waals surface area contributed by atoms with Crippen molar-refractivity contribution in [3.8, 4) is 11.6 Å². The monoisotopic (exact) mass is 313 g/mol. The highest BCUT2D eigenvalue weighted by Crippen LogP contribution is 2.23. The van der Waals surface area contributed by atoms with Gasteiger partial charge in [-0.2, -0.15) is 0 Å². The van der Waals surface area contributed by atoms with E-state index in [4.69, 9.17) is 14.1 Å². The number of aryl methyl sites for hydroxylation is 3. The van der Waals surface area contributed by atoms with E-state index in [1.165, 1.54) is 0 Å². The van der Waals surface area contributed by atoms with Crippen LogP contribution in [0.4, 0.5) is 0 Å². The molecule has 0 amide bonds. The van der Waals surface area contributed by atoms with E-state index in [1.54, 1.807) is 6.26 Å². The third kappa shape index (κ3) is 2.79. The van der Waals surface area contributed by atoms with Crippen molar-refractivity contribution in [2.75, 3.05) is 13.2 Å². The first-order chi connectivity index (χ1) is 11.3. The molecule has 23 heavy (non-hydrogen) atoms. The Morgan fingerprint density at radius 1 is 1.39 bits per heavy atom. The molecule has 4 rings (SSSR count). The minimum absolute atomic E-state index is 0.255. The van der Waals surface area contributed by atoms with E-state index in [2.05, 4.69) is 14.6 Å². The van der Waals surface area contributed by atoms with Gasteiger partial charge in [0.15, 0.2) is 5.76 Å². The first-order valence-electron chi connectivity index (χ1n) is 7.86. The maximum absolute atomic E-state index is 5.51. The van der Waals surface area contributed by atoms with Gasteiger partial charge in [-0.3, -0.25) is 0 Å². The Bertz CT molecular complexity index is 768. The standard InChI is InChI=1S/C16H19N5O2/c1-12-17-6-8-20(12)7-4-15-18-16(14-3-2-9-23-14)19-21(15)13-5-10-22-11-13/h2-3,6,8-9,13H,4-5,7,10-11H2,1H3. The van der Waals surface area contributed by atoms with Crippen LogP contribution in [-0.4, -0.2) is 37.5 Å². The fourth-order valence-corrected chi connectivity index (χ4v) is 2.90. The number of aromatic nitrogens is 5. The van der Waals surface area contributed by atoms with Gasteiger partial charge in [-0.05, 0) is 25.5 Å². The highest BCUT2D eigenvalue weighted by Gasteiger charge is 2.24. The number of furan rings is 1. The summed E-state index contributed by atoms with van der Waals surface area (Å²) in [5.41, 5.74) is 0. The summed E-state index contributed by atoms with van der Waals surface area (Å²) < 4.78 is 15.1. The quantitative estimate of drug-likeness (QED) is 0.722. The average Bonchev–Trinajstić information content (AvgIpc) is 3.32. The summed E-state index contributed by atoms with van der Waals surface area (Å²) in [6.45, 7) is 4.30. The van der Waals surface area contributed by atoms with Crippen LogP contribution in [0.15, 0.2) is 35.2 Å². The third-order valence-electron chi connectivity index (χ3n) is 4.19. The van der Waals surface area contributed by atoms with Crippen molar-refractivity contribution >= 4 is 0 Å². The number of hydrogen-bond donors (Lipinski definition) is 0. The highest BCUT2D eigenvalue weighted by molar-refractivity contribution is 5.45. The number of ether oxygens (including phenoxy) is 1. The topological polar surface area (TPSA) is 70.9 Å². The van der Waals surface area contributed by atoms with Crippen LogP contribution < -0.4 is 0 Å². The molecular weight excluding hydrogens is 294 g/mol. The second-order valence-electron chi connectivity index (χ2n) is 5.71. The predicted molar refractivity (Wildman–Crippen MR) is 82.9 cm³/mol. The molecule has 7 heteroatoms. The Labute approximate surface area is 133 Å². The SMILES string of the molecule is Cc1nccn1CCc1nc(-c2ccco2)nn1C1CCOC1. The molecule has 0 radical (unpaired) electrons. The van der Waals surface area contributed by atoms with E-state index in [9.17, 15) is 0 Å². The lowest BCUT2D eigenvalue weighted by molar-refractivity contribution is 0.183. The Morgan fingerprint density at radius 3 is 3.04 bits per heavy atom. The summed E-state index contributed by atoms with van der Waals surface area (Å²) in [6.07, 6.45) is 7.21. The normalized spacial score (nSPS) is 17.9. The van der Waals surface area contributed by atoms with Gasteiger partial charge in [0.2, 0.25) is 5.82 Å². The molecule has 7 nitrogen and oxygen atoms in total. The number of nitrogens with zero attached hydrogens (tertiary/aromatic N) is 5. The van der Waals surface area contributed by atoms with Crippen LogP contribution in [0.5, 0.6) is 0 Å². The Kier molecular flexibility index (Phi) is 3.70. The smallest absolute Gasteiger partial charge is 0.217 e. The van der Waals surface area contributed by atoms with Gasteiger partial charge in [0.25, 0.3) is 0 Å². The Balaban J connectivity index is 1.62. The maximum atomic E-state index is 5.51. The van der Waals surface area contributed by atoms with E-state index in [0.29, 0.717) is 18.2 Å². The molecular formula is C16H19N5O2. The zero-order valence-electron chi connectivity index (χ0n) is 13.1. The average molecular weight is 313 g/mol. The second-order valence-corrected chi connectivity index (χ2v) is 5.71. The lowest BCUT2D eigenvalue weighted by Gasteiger charge is -2.11. The van der Waals surface area contributed by atoms with Crippen LogP contribution in [0, 0.1) is 6.92 Å². The van der Waals surface area contributed by atoms with E-state index < -0.39 is 0 Å². The zero-order chi connectivity index (χ0) is 15.6. The molecule has 0 bridgehead atoms. The molecule has 3 aromatic heterocycles. The van der Waals surface area contributed by atoms with Crippen molar-refractivity contribution in [3.05, 3.63) is 42.4 Å². The molecule has 3 aromatic rings. The molecule has 4 heterocycles. The summed E-state index contributed by atoms with van der Waals surface area (Å²) >= 11 is 0. The number of imidazole rings is 1. The summed E-state index contributed by atoms with van der Waals surface area (Å²) in [7, 11) is 0. The van der Waals surface area contributed by atoms with Gasteiger partial charge in [-0.1, -0.05) is 0 Å². The van der Waals surface area contributed by atoms with Gasteiger partial charge in [-0.15, -0.1) is 5.10 Å². The molecule has 0 saturated carbocycles. The molecule has 1 saturated heterocycles. The van der Waals surface area contributed by atoms with Crippen LogP contribution in [0.1, 0.15) is 24.1 Å². The van der Waals surface area contributed by atoms with Gasteiger partial charge in [0.05, 0.1) is 18.9 Å². The van der Waals surface area contributed by atoms with Crippen molar-refractivity contribution < 1.29 is 9.15 Å². The maximum Gasteiger partial charge on any atom is 0.217 e. The van der Waals surface area contributed by atoms with Gasteiger partial charge in [-0.25, -0.2) is 14.6 Å². The molecule has 120 valence electrons. The van der Waals surface area contributed by atoms with Crippen LogP contribution in [-0.2, 0) is 17.7 Å². The second kappa shape index (κ2) is 6.00. The summed E-state index contributed by atoms with van der Waals surface area (Å²) in [6, 6.07) is 3.99.